The van der Waals surface area contributed by atoms with Crippen molar-refractivity contribution in [3.8, 4) is 0 Å². The predicted molar refractivity (Wildman–Crippen MR) is 57.6 cm³/mol. The van der Waals surface area contributed by atoms with Gasteiger partial charge in [-0.3, -0.25) is 9.13 Å². The number of aliphatic hydroxyl groups is 1. The first-order chi connectivity index (χ1) is 6.06. The molecule has 0 aromatic carbocycles. The Morgan fingerprint density at radius 1 is 1.07 bits per heavy atom. The van der Waals surface area contributed by atoms with Gasteiger partial charge in [-0.2, -0.15) is 0 Å². The molecule has 0 atom stereocenters. The molecule has 0 spiro atoms. The van der Waals surface area contributed by atoms with Gasteiger partial charge in [0.15, 0.2) is 0 Å². The quantitative estimate of drug-likeness (QED) is 0.361. The molecule has 0 saturated heterocycles. The van der Waals surface area contributed by atoms with E-state index < -0.39 is 26.7 Å². The summed E-state index contributed by atoms with van der Waals surface area (Å²) in [6.07, 6.45) is -0.856. The maximum absolute atomic E-state index is 10.7. The molecule has 0 bridgehead atoms. The number of nitrogens with two attached hydrogens (primary N) is 1. The van der Waals surface area contributed by atoms with E-state index in [0.29, 0.717) is 0 Å². The highest BCUT2D eigenvalue weighted by Gasteiger charge is 2.58. The van der Waals surface area contributed by atoms with Crippen molar-refractivity contribution in [3.63, 3.8) is 0 Å². The number of hydrogen-bond donors (Lipinski definition) is 6. The van der Waals surface area contributed by atoms with Crippen molar-refractivity contribution in [2.45, 2.75) is 17.9 Å². The van der Waals surface area contributed by atoms with Crippen LogP contribution in [0.15, 0.2) is 0 Å². The maximum atomic E-state index is 10.7. The first kappa shape index (κ1) is 18.1. The molecule has 0 saturated carbocycles. The van der Waals surface area contributed by atoms with Gasteiger partial charge < -0.3 is 30.4 Å². The molecule has 0 amide bonds. The van der Waals surface area contributed by atoms with E-state index in [0.717, 1.165) is 0 Å². The lowest BCUT2D eigenvalue weighted by atomic mass is 10.3. The Balaban J connectivity index is 0. The molecule has 0 aliphatic heterocycles. The van der Waals surface area contributed by atoms with Gasteiger partial charge in [-0.25, -0.2) is 0 Å². The van der Waals surface area contributed by atoms with E-state index in [1.54, 1.807) is 0 Å². The van der Waals surface area contributed by atoms with E-state index in [9.17, 15) is 14.2 Å². The van der Waals surface area contributed by atoms with Gasteiger partial charge in [0, 0.05) is 6.42 Å². The van der Waals surface area contributed by atoms with E-state index in [1.807, 2.05) is 0 Å². The highest BCUT2D eigenvalue weighted by atomic mass is 79.9. The zero-order valence-electron chi connectivity index (χ0n) is 7.55. The molecule has 0 fully saturated rings. The van der Waals surface area contributed by atoms with Gasteiger partial charge in [0.1, 0.15) is 0 Å². The van der Waals surface area contributed by atoms with Crippen molar-refractivity contribution in [2.24, 2.45) is 5.73 Å². The van der Waals surface area contributed by atoms with Crippen LogP contribution in [-0.4, -0.2) is 36.3 Å². The second-order valence-corrected chi connectivity index (χ2v) is 6.76. The zero-order chi connectivity index (χ0) is 11.6. The molecule has 8 nitrogen and oxygen atoms in total. The summed E-state index contributed by atoms with van der Waals surface area (Å²) in [7, 11) is -10.6. The molecule has 0 radical (unpaired) electrons. The topological polar surface area (TPSA) is 161 Å². The molecule has 0 rings (SSSR count). The van der Waals surface area contributed by atoms with Crippen LogP contribution in [0, 0.1) is 0 Å². The number of hydrogen-bond acceptors (Lipinski definition) is 4. The van der Waals surface area contributed by atoms with Crippen molar-refractivity contribution in [3.05, 3.63) is 0 Å². The molecule has 0 aromatic heterocycles. The van der Waals surface area contributed by atoms with Crippen LogP contribution in [0.4, 0.5) is 0 Å². The standard InChI is InChI=1S/C4H13NO7P2.BrH/c5-3-1-2-4(6,13(7,8)9)14(10,11)12;/h6H,1-3,5H2,(H2,7,8,9)(H2,10,11,12);1H. The van der Waals surface area contributed by atoms with Gasteiger partial charge in [-0.05, 0) is 13.0 Å². The molecule has 15 heavy (non-hydrogen) atoms. The Bertz CT molecular complexity index is 263. The minimum absolute atomic E-state index is 0. The lowest BCUT2D eigenvalue weighted by Crippen LogP contribution is -2.29. The van der Waals surface area contributed by atoms with Crippen LogP contribution in [0.2, 0.25) is 0 Å². The minimum Gasteiger partial charge on any atom is -0.368 e. The number of halogens is 1. The first-order valence-corrected chi connectivity index (χ1v) is 6.82. The Morgan fingerprint density at radius 3 is 1.60 bits per heavy atom. The summed E-state index contributed by atoms with van der Waals surface area (Å²) in [5.74, 6) is 0. The molecular formula is C4H14BrNO7P2. The van der Waals surface area contributed by atoms with Gasteiger partial charge in [-0.1, -0.05) is 0 Å². The summed E-state index contributed by atoms with van der Waals surface area (Å²) in [6, 6.07) is 0. The van der Waals surface area contributed by atoms with E-state index in [4.69, 9.17) is 25.3 Å². The molecule has 11 heteroatoms. The summed E-state index contributed by atoms with van der Waals surface area (Å²) >= 11 is 0. The van der Waals surface area contributed by atoms with Crippen LogP contribution in [-0.2, 0) is 9.13 Å². The third kappa shape index (κ3) is 4.22. The third-order valence-corrected chi connectivity index (χ3v) is 5.53. The van der Waals surface area contributed by atoms with Crippen molar-refractivity contribution in [1.29, 1.82) is 0 Å². The molecule has 0 aliphatic carbocycles. The van der Waals surface area contributed by atoms with Gasteiger partial charge in [0.25, 0.3) is 5.08 Å². The first-order valence-electron chi connectivity index (χ1n) is 3.60. The van der Waals surface area contributed by atoms with Crippen molar-refractivity contribution in [2.75, 3.05) is 6.54 Å². The van der Waals surface area contributed by atoms with Gasteiger partial charge in [0.2, 0.25) is 0 Å². The molecular weight excluding hydrogens is 316 g/mol. The van der Waals surface area contributed by atoms with E-state index in [1.165, 1.54) is 0 Å². The minimum atomic E-state index is -5.30. The Morgan fingerprint density at radius 2 is 1.40 bits per heavy atom. The summed E-state index contributed by atoms with van der Waals surface area (Å²) in [5.41, 5.74) is 5.01. The second kappa shape index (κ2) is 5.86. The average molecular weight is 330 g/mol. The van der Waals surface area contributed by atoms with Crippen LogP contribution in [0.25, 0.3) is 0 Å². The predicted octanol–water partition coefficient (Wildman–Crippen LogP) is -0.695. The Labute approximate surface area is 96.6 Å². The van der Waals surface area contributed by atoms with Gasteiger partial charge in [0.05, 0.1) is 0 Å². The van der Waals surface area contributed by atoms with Crippen LogP contribution in [0.1, 0.15) is 12.8 Å². The normalized spacial score (nSPS) is 13.5. The molecule has 0 heterocycles. The Hall–Kier alpha value is 0.700. The molecule has 0 aliphatic rings. The Kier molecular flexibility index (Phi) is 7.06. The van der Waals surface area contributed by atoms with E-state index in [-0.39, 0.29) is 29.9 Å². The molecule has 0 aromatic rings. The van der Waals surface area contributed by atoms with E-state index >= 15 is 0 Å². The fourth-order valence-electron chi connectivity index (χ4n) is 0.800. The highest BCUT2D eigenvalue weighted by molar-refractivity contribution is 8.93. The van der Waals surface area contributed by atoms with Gasteiger partial charge >= 0.3 is 15.2 Å². The third-order valence-electron chi connectivity index (χ3n) is 1.65. The van der Waals surface area contributed by atoms with Crippen molar-refractivity contribution in [1.82, 2.24) is 0 Å². The second-order valence-electron chi connectivity index (χ2n) is 2.75. The SMILES string of the molecule is Br.NCCCC(O)(P(=O)(O)O)P(=O)(O)O. The smallest absolute Gasteiger partial charge is 0.368 e. The van der Waals surface area contributed by atoms with Crippen molar-refractivity contribution >= 4 is 32.2 Å². The lowest BCUT2D eigenvalue weighted by molar-refractivity contribution is 0.121. The van der Waals surface area contributed by atoms with Crippen LogP contribution < -0.4 is 5.73 Å². The average Bonchev–Trinajstić information content (AvgIpc) is 1.95. The largest absolute Gasteiger partial charge is 0.369 e. The molecule has 94 valence electrons. The van der Waals surface area contributed by atoms with Crippen molar-refractivity contribution < 1.29 is 33.8 Å². The summed E-state index contributed by atoms with van der Waals surface area (Å²) in [5, 5.41) is 5.91. The van der Waals surface area contributed by atoms with E-state index in [2.05, 4.69) is 0 Å². The molecule has 0 unspecified atom stereocenters. The van der Waals surface area contributed by atoms with Gasteiger partial charge in [-0.15, -0.1) is 17.0 Å². The maximum Gasteiger partial charge on any atom is 0.369 e. The van der Waals surface area contributed by atoms with Crippen LogP contribution in [0.3, 0.4) is 0 Å². The fourth-order valence-corrected chi connectivity index (χ4v) is 3.06. The monoisotopic (exact) mass is 329 g/mol. The lowest BCUT2D eigenvalue weighted by Gasteiger charge is -2.28. The molecule has 7 N–H and O–H groups in total. The number of rotatable bonds is 5. The van der Waals surface area contributed by atoms with Crippen LogP contribution in [0.5, 0.6) is 0 Å². The summed E-state index contributed by atoms with van der Waals surface area (Å²) in [4.78, 5) is 34.5. The summed E-state index contributed by atoms with van der Waals surface area (Å²) in [6.45, 7) is -0.0394. The highest BCUT2D eigenvalue weighted by Crippen LogP contribution is 2.69. The summed E-state index contributed by atoms with van der Waals surface area (Å²) < 4.78 is 21.4. The van der Waals surface area contributed by atoms with Crippen LogP contribution >= 0.6 is 32.2 Å². The fraction of sp³-hybridized carbons (Fsp3) is 1.00. The zero-order valence-corrected chi connectivity index (χ0v) is 11.1.